The summed E-state index contributed by atoms with van der Waals surface area (Å²) in [5, 5.41) is 5.80. The smallest absolute Gasteiger partial charge is 0.407 e. The number of hydrogen-bond acceptors (Lipinski definition) is 6. The van der Waals surface area contributed by atoms with Crippen LogP contribution in [0.25, 0.3) is 0 Å². The van der Waals surface area contributed by atoms with Gasteiger partial charge in [0.1, 0.15) is 5.60 Å². The second kappa shape index (κ2) is 7.44. The summed E-state index contributed by atoms with van der Waals surface area (Å²) in [6, 6.07) is 3.11. The van der Waals surface area contributed by atoms with Crippen LogP contribution < -0.4 is 10.6 Å². The van der Waals surface area contributed by atoms with Crippen molar-refractivity contribution >= 4 is 21.6 Å². The van der Waals surface area contributed by atoms with Crippen LogP contribution in [0.2, 0.25) is 0 Å². The monoisotopic (exact) mass is 329 g/mol. The van der Waals surface area contributed by atoms with Crippen molar-refractivity contribution in [1.29, 1.82) is 0 Å². The Morgan fingerprint density at radius 2 is 1.95 bits per heavy atom. The first-order chi connectivity index (χ1) is 10.1. The van der Waals surface area contributed by atoms with Gasteiger partial charge in [0.05, 0.1) is 11.9 Å². The maximum Gasteiger partial charge on any atom is 0.407 e. The number of pyridine rings is 1. The highest BCUT2D eigenvalue weighted by Gasteiger charge is 2.15. The van der Waals surface area contributed by atoms with Crippen LogP contribution in [0.5, 0.6) is 0 Å². The second-order valence-corrected chi connectivity index (χ2v) is 7.83. The first-order valence-electron chi connectivity index (χ1n) is 6.95. The third-order valence-corrected chi connectivity index (χ3v) is 3.47. The molecule has 1 amide bonds. The molecule has 2 N–H and O–H groups in total. The summed E-state index contributed by atoms with van der Waals surface area (Å²) in [7, 11) is -3.27. The van der Waals surface area contributed by atoms with Crippen molar-refractivity contribution in [1.82, 2.24) is 10.3 Å². The maximum absolute atomic E-state index is 11.4. The Kier molecular flexibility index (Phi) is 6.16. The molecule has 0 aliphatic carbocycles. The summed E-state index contributed by atoms with van der Waals surface area (Å²) in [4.78, 5) is 15.3. The summed E-state index contributed by atoms with van der Waals surface area (Å²) >= 11 is 0. The Morgan fingerprint density at radius 1 is 1.27 bits per heavy atom. The summed E-state index contributed by atoms with van der Waals surface area (Å²) < 4.78 is 27.7. The molecular formula is C14H23N3O4S. The molecule has 0 saturated heterocycles. The number of nitrogens with one attached hydrogen (secondary N) is 2. The Labute approximate surface area is 131 Å². The van der Waals surface area contributed by atoms with E-state index < -0.39 is 21.5 Å². The summed E-state index contributed by atoms with van der Waals surface area (Å²) in [6.07, 6.45) is 2.85. The molecule has 1 heterocycles. The molecule has 1 aromatic heterocycles. The van der Waals surface area contributed by atoms with Gasteiger partial charge in [0.25, 0.3) is 0 Å². The Hall–Kier alpha value is -1.83. The number of ether oxygens (including phenoxy) is 1. The molecule has 1 aromatic rings. The van der Waals surface area contributed by atoms with Crippen LogP contribution in [0, 0.1) is 0 Å². The molecule has 0 aliphatic heterocycles. The number of anilines is 1. The molecule has 0 unspecified atom stereocenters. The Balaban J connectivity index is 2.27. The van der Waals surface area contributed by atoms with Crippen LogP contribution in [0.15, 0.2) is 23.4 Å². The van der Waals surface area contributed by atoms with E-state index in [9.17, 15) is 13.2 Å². The predicted octanol–water partition coefficient (Wildman–Crippen LogP) is 1.81. The minimum absolute atomic E-state index is 0.0460. The van der Waals surface area contributed by atoms with Gasteiger partial charge in [0.15, 0.2) is 14.9 Å². The molecule has 8 heteroatoms. The quantitative estimate of drug-likeness (QED) is 0.773. The fraction of sp³-hybridized carbons (Fsp3) is 0.571. The normalized spacial score (nSPS) is 11.8. The van der Waals surface area contributed by atoms with Crippen molar-refractivity contribution in [3.05, 3.63) is 18.3 Å². The molecule has 0 fully saturated rings. The van der Waals surface area contributed by atoms with Crippen molar-refractivity contribution < 1.29 is 17.9 Å². The zero-order valence-corrected chi connectivity index (χ0v) is 14.2. The summed E-state index contributed by atoms with van der Waals surface area (Å²) in [5.74, 6) is 0. The number of alkyl carbamates (subject to hydrolysis) is 1. The number of sulfone groups is 1. The number of carbonyl (C=O) groups excluding carboxylic acids is 1. The molecule has 0 saturated carbocycles. The average molecular weight is 329 g/mol. The molecule has 7 nitrogen and oxygen atoms in total. The lowest BCUT2D eigenvalue weighted by atomic mass is 10.2. The van der Waals surface area contributed by atoms with E-state index in [-0.39, 0.29) is 5.03 Å². The highest BCUT2D eigenvalue weighted by Crippen LogP contribution is 2.10. The number of amides is 1. The molecule has 124 valence electrons. The van der Waals surface area contributed by atoms with Gasteiger partial charge in [-0.3, -0.25) is 0 Å². The topological polar surface area (TPSA) is 97.4 Å². The van der Waals surface area contributed by atoms with Gasteiger partial charge in [-0.05, 0) is 39.3 Å². The lowest BCUT2D eigenvalue weighted by molar-refractivity contribution is 0.0528. The van der Waals surface area contributed by atoms with Crippen molar-refractivity contribution in [2.75, 3.05) is 24.7 Å². The van der Waals surface area contributed by atoms with Gasteiger partial charge in [-0.1, -0.05) is 0 Å². The molecule has 0 atom stereocenters. The maximum atomic E-state index is 11.4. The van der Waals surface area contributed by atoms with Crippen molar-refractivity contribution in [3.8, 4) is 0 Å². The molecule has 0 aliphatic rings. The third-order valence-electron chi connectivity index (χ3n) is 2.47. The second-order valence-electron chi connectivity index (χ2n) is 5.87. The van der Waals surface area contributed by atoms with Crippen LogP contribution in [0.3, 0.4) is 0 Å². The summed E-state index contributed by atoms with van der Waals surface area (Å²) in [6.45, 7) is 6.52. The zero-order chi connectivity index (χ0) is 16.8. The number of hydrogen-bond donors (Lipinski definition) is 2. The van der Waals surface area contributed by atoms with E-state index in [1.54, 1.807) is 26.8 Å². The van der Waals surface area contributed by atoms with Crippen LogP contribution in [-0.2, 0) is 14.6 Å². The molecule has 0 bridgehead atoms. The van der Waals surface area contributed by atoms with E-state index >= 15 is 0 Å². The predicted molar refractivity (Wildman–Crippen MR) is 84.7 cm³/mol. The van der Waals surface area contributed by atoms with Crippen molar-refractivity contribution in [2.45, 2.75) is 37.8 Å². The average Bonchev–Trinajstić information content (AvgIpc) is 2.35. The Morgan fingerprint density at radius 3 is 2.45 bits per heavy atom. The van der Waals surface area contributed by atoms with E-state index in [1.165, 1.54) is 12.3 Å². The molecule has 22 heavy (non-hydrogen) atoms. The minimum atomic E-state index is -3.27. The van der Waals surface area contributed by atoms with Gasteiger partial charge < -0.3 is 15.4 Å². The number of aromatic nitrogens is 1. The summed E-state index contributed by atoms with van der Waals surface area (Å²) in [5.41, 5.74) is 0.222. The SMILES string of the molecule is CC(C)(C)OC(=O)NCCCNc1ccc(S(C)(=O)=O)nc1. The third kappa shape index (κ3) is 7.26. The van der Waals surface area contributed by atoms with Crippen LogP contribution in [0.4, 0.5) is 10.5 Å². The van der Waals surface area contributed by atoms with E-state index in [1.807, 2.05) is 0 Å². The van der Waals surface area contributed by atoms with Gasteiger partial charge >= 0.3 is 6.09 Å². The number of carbonyl (C=O) groups is 1. The van der Waals surface area contributed by atoms with Crippen molar-refractivity contribution in [2.24, 2.45) is 0 Å². The highest BCUT2D eigenvalue weighted by molar-refractivity contribution is 7.90. The van der Waals surface area contributed by atoms with Gasteiger partial charge in [-0.25, -0.2) is 18.2 Å². The molecule has 0 radical (unpaired) electrons. The van der Waals surface area contributed by atoms with E-state index in [0.29, 0.717) is 19.5 Å². The first-order valence-corrected chi connectivity index (χ1v) is 8.84. The van der Waals surface area contributed by atoms with E-state index in [4.69, 9.17) is 4.74 Å². The molecule has 0 aromatic carbocycles. The van der Waals surface area contributed by atoms with Crippen LogP contribution >= 0.6 is 0 Å². The molecule has 0 spiro atoms. The highest BCUT2D eigenvalue weighted by atomic mass is 32.2. The zero-order valence-electron chi connectivity index (χ0n) is 13.3. The van der Waals surface area contributed by atoms with Crippen LogP contribution in [-0.4, -0.2) is 44.4 Å². The fourth-order valence-electron chi connectivity index (χ4n) is 1.53. The molecular weight excluding hydrogens is 306 g/mol. The minimum Gasteiger partial charge on any atom is -0.444 e. The van der Waals surface area contributed by atoms with Gasteiger partial charge in [0.2, 0.25) is 0 Å². The first kappa shape index (κ1) is 18.2. The van der Waals surface area contributed by atoms with Gasteiger partial charge in [-0.15, -0.1) is 0 Å². The standard InChI is InChI=1S/C14H23N3O4S/c1-14(2,3)21-13(18)16-9-5-8-15-11-6-7-12(17-10-11)22(4,19)20/h6-7,10,15H,5,8-9H2,1-4H3,(H,16,18). The fourth-order valence-corrected chi connectivity index (χ4v) is 2.09. The van der Waals surface area contributed by atoms with E-state index in [0.717, 1.165) is 11.9 Å². The lowest BCUT2D eigenvalue weighted by Gasteiger charge is -2.19. The van der Waals surface area contributed by atoms with Crippen LogP contribution in [0.1, 0.15) is 27.2 Å². The number of rotatable bonds is 6. The molecule has 1 rings (SSSR count). The Bertz CT molecular complexity index is 592. The van der Waals surface area contributed by atoms with Gasteiger partial charge in [0, 0.05) is 19.3 Å². The van der Waals surface area contributed by atoms with Crippen molar-refractivity contribution in [3.63, 3.8) is 0 Å². The number of nitrogens with zero attached hydrogens (tertiary/aromatic N) is 1. The van der Waals surface area contributed by atoms with E-state index in [2.05, 4.69) is 15.6 Å². The van der Waals surface area contributed by atoms with Gasteiger partial charge in [-0.2, -0.15) is 0 Å². The largest absolute Gasteiger partial charge is 0.444 e. The lowest BCUT2D eigenvalue weighted by Crippen LogP contribution is -2.33.